The van der Waals surface area contributed by atoms with Crippen molar-refractivity contribution in [1.82, 2.24) is 9.80 Å². The maximum atomic E-state index is 12.9. The molecule has 3 amide bonds. The third-order valence-electron chi connectivity index (χ3n) is 5.34. The van der Waals surface area contributed by atoms with E-state index in [1.165, 1.54) is 0 Å². The number of hydrogen-bond acceptors (Lipinski definition) is 3. The average Bonchev–Trinajstić information content (AvgIpc) is 3.53. The fourth-order valence-corrected chi connectivity index (χ4v) is 4.00. The summed E-state index contributed by atoms with van der Waals surface area (Å²) in [6, 6.07) is 4.98. The van der Waals surface area contributed by atoms with Gasteiger partial charge in [0.25, 0.3) is 0 Å². The molecule has 3 rings (SSSR count). The molecule has 152 valence electrons. The third kappa shape index (κ3) is 4.97. The van der Waals surface area contributed by atoms with Crippen molar-refractivity contribution in [3.8, 4) is 0 Å². The topological polar surface area (TPSA) is 69.7 Å². The van der Waals surface area contributed by atoms with Gasteiger partial charge >= 0.3 is 0 Å². The van der Waals surface area contributed by atoms with E-state index in [0.29, 0.717) is 48.2 Å². The molecular formula is C20H25Cl2N3O3. The summed E-state index contributed by atoms with van der Waals surface area (Å²) in [6.07, 6.45) is 3.27. The Bertz CT molecular complexity index is 739. The second-order valence-electron chi connectivity index (χ2n) is 7.37. The molecule has 0 atom stereocenters. The number of rotatable bonds is 6. The Morgan fingerprint density at radius 2 is 1.68 bits per heavy atom. The van der Waals surface area contributed by atoms with Gasteiger partial charge in [-0.1, -0.05) is 29.3 Å². The lowest BCUT2D eigenvalue weighted by Gasteiger charge is -2.34. The molecule has 1 saturated carbocycles. The molecule has 1 aromatic rings. The second kappa shape index (κ2) is 9.14. The van der Waals surface area contributed by atoms with Crippen molar-refractivity contribution in [2.75, 3.05) is 31.5 Å². The van der Waals surface area contributed by atoms with Gasteiger partial charge in [-0.3, -0.25) is 14.4 Å². The minimum absolute atomic E-state index is 0.0403. The summed E-state index contributed by atoms with van der Waals surface area (Å²) < 4.78 is 0. The van der Waals surface area contributed by atoms with Crippen LogP contribution in [0.3, 0.4) is 0 Å². The number of nitrogens with one attached hydrogen (secondary N) is 1. The van der Waals surface area contributed by atoms with Crippen LogP contribution in [0.15, 0.2) is 18.2 Å². The van der Waals surface area contributed by atoms with Crippen molar-refractivity contribution in [1.29, 1.82) is 0 Å². The van der Waals surface area contributed by atoms with Gasteiger partial charge < -0.3 is 15.1 Å². The maximum absolute atomic E-state index is 12.9. The first-order valence-electron chi connectivity index (χ1n) is 9.72. The molecule has 0 bridgehead atoms. The minimum atomic E-state index is -0.341. The lowest BCUT2D eigenvalue weighted by molar-refractivity contribution is -0.142. The number of carbonyl (C=O) groups is 3. The van der Waals surface area contributed by atoms with Crippen molar-refractivity contribution in [3.63, 3.8) is 0 Å². The Morgan fingerprint density at radius 1 is 1.07 bits per heavy atom. The van der Waals surface area contributed by atoms with E-state index in [9.17, 15) is 14.4 Å². The van der Waals surface area contributed by atoms with E-state index < -0.39 is 0 Å². The Hall–Kier alpha value is -1.79. The van der Waals surface area contributed by atoms with Gasteiger partial charge in [-0.25, -0.2) is 0 Å². The zero-order valence-electron chi connectivity index (χ0n) is 15.9. The van der Waals surface area contributed by atoms with E-state index in [-0.39, 0.29) is 36.1 Å². The number of nitrogens with zero attached hydrogens (tertiary/aromatic N) is 2. The predicted octanol–water partition coefficient (Wildman–Crippen LogP) is 3.43. The number of benzene rings is 1. The first-order valence-corrected chi connectivity index (χ1v) is 10.5. The molecule has 1 N–H and O–H groups in total. The number of carbonyl (C=O) groups excluding carboxylic acids is 3. The van der Waals surface area contributed by atoms with Gasteiger partial charge in [-0.2, -0.15) is 0 Å². The first-order chi connectivity index (χ1) is 13.4. The highest BCUT2D eigenvalue weighted by molar-refractivity contribution is 6.39. The summed E-state index contributed by atoms with van der Waals surface area (Å²) >= 11 is 12.2. The number of halogens is 2. The molecule has 0 spiro atoms. The zero-order valence-corrected chi connectivity index (χ0v) is 17.4. The van der Waals surface area contributed by atoms with E-state index in [1.807, 2.05) is 11.8 Å². The van der Waals surface area contributed by atoms with Crippen LogP contribution in [-0.2, 0) is 14.4 Å². The number of likely N-dealkylation sites (N-methyl/N-ethyl adjacent to an activating group) is 1. The van der Waals surface area contributed by atoms with Gasteiger partial charge in [0.1, 0.15) is 0 Å². The number of amides is 3. The standard InChI is InChI=1S/C20H25Cl2N3O3/c1-2-24(12-17(26)23-18-15(21)4-3-5-16(18)22)19(27)14-8-10-25(11-9-14)20(28)13-6-7-13/h3-5,13-14H,2,6-12H2,1H3,(H,23,26). The van der Waals surface area contributed by atoms with E-state index in [2.05, 4.69) is 5.32 Å². The van der Waals surface area contributed by atoms with Gasteiger partial charge in [-0.15, -0.1) is 0 Å². The number of para-hydroxylation sites is 1. The number of anilines is 1. The summed E-state index contributed by atoms with van der Waals surface area (Å²) in [6.45, 7) is 3.46. The molecule has 0 unspecified atom stereocenters. The Kier molecular flexibility index (Phi) is 6.83. The lowest BCUT2D eigenvalue weighted by Crippen LogP contribution is -2.46. The fraction of sp³-hybridized carbons (Fsp3) is 0.550. The minimum Gasteiger partial charge on any atom is -0.342 e. The van der Waals surface area contributed by atoms with Crippen LogP contribution in [-0.4, -0.2) is 53.7 Å². The smallest absolute Gasteiger partial charge is 0.244 e. The normalized spacial score (nSPS) is 17.3. The molecule has 6 nitrogen and oxygen atoms in total. The van der Waals surface area contributed by atoms with Crippen molar-refractivity contribution < 1.29 is 14.4 Å². The van der Waals surface area contributed by atoms with E-state index in [4.69, 9.17) is 23.2 Å². The molecule has 1 aliphatic heterocycles. The van der Waals surface area contributed by atoms with Crippen LogP contribution in [0.5, 0.6) is 0 Å². The third-order valence-corrected chi connectivity index (χ3v) is 5.97. The van der Waals surface area contributed by atoms with Gasteiger partial charge in [0.2, 0.25) is 17.7 Å². The van der Waals surface area contributed by atoms with Crippen molar-refractivity contribution in [2.45, 2.75) is 32.6 Å². The first kappa shape index (κ1) is 20.9. The zero-order chi connectivity index (χ0) is 20.3. The van der Waals surface area contributed by atoms with E-state index >= 15 is 0 Å². The molecular weight excluding hydrogens is 401 g/mol. The summed E-state index contributed by atoms with van der Waals surface area (Å²) in [4.78, 5) is 40.9. The molecule has 1 saturated heterocycles. The molecule has 1 heterocycles. The van der Waals surface area contributed by atoms with Gasteiger partial charge in [0.15, 0.2) is 0 Å². The van der Waals surface area contributed by atoms with Crippen LogP contribution in [0.1, 0.15) is 32.6 Å². The average molecular weight is 426 g/mol. The van der Waals surface area contributed by atoms with Crippen LogP contribution in [0.25, 0.3) is 0 Å². The summed E-state index contributed by atoms with van der Waals surface area (Å²) in [5, 5.41) is 3.39. The van der Waals surface area contributed by atoms with Crippen LogP contribution >= 0.6 is 23.2 Å². The number of piperidine rings is 1. The SMILES string of the molecule is CCN(CC(=O)Nc1c(Cl)cccc1Cl)C(=O)C1CCN(C(=O)C2CC2)CC1. The van der Waals surface area contributed by atoms with E-state index in [1.54, 1.807) is 23.1 Å². The lowest BCUT2D eigenvalue weighted by atomic mass is 9.95. The molecule has 2 aliphatic rings. The van der Waals surface area contributed by atoms with E-state index in [0.717, 1.165) is 12.8 Å². The van der Waals surface area contributed by atoms with Gasteiger partial charge in [0.05, 0.1) is 22.3 Å². The molecule has 8 heteroatoms. The van der Waals surface area contributed by atoms with Crippen molar-refractivity contribution in [2.24, 2.45) is 11.8 Å². The highest BCUT2D eigenvalue weighted by Crippen LogP contribution is 2.33. The quantitative estimate of drug-likeness (QED) is 0.758. The molecule has 1 aliphatic carbocycles. The Balaban J connectivity index is 1.53. The second-order valence-corrected chi connectivity index (χ2v) is 8.19. The largest absolute Gasteiger partial charge is 0.342 e. The maximum Gasteiger partial charge on any atom is 0.244 e. The molecule has 0 aromatic heterocycles. The molecule has 2 fully saturated rings. The summed E-state index contributed by atoms with van der Waals surface area (Å²) in [5.74, 6) is -0.0955. The van der Waals surface area contributed by atoms with Gasteiger partial charge in [-0.05, 0) is 44.7 Å². The summed E-state index contributed by atoms with van der Waals surface area (Å²) in [5.41, 5.74) is 0.353. The molecule has 28 heavy (non-hydrogen) atoms. The van der Waals surface area contributed by atoms with Crippen LogP contribution < -0.4 is 5.32 Å². The highest BCUT2D eigenvalue weighted by Gasteiger charge is 2.36. The van der Waals surface area contributed by atoms with Crippen molar-refractivity contribution in [3.05, 3.63) is 28.2 Å². The number of likely N-dealkylation sites (tertiary alicyclic amines) is 1. The van der Waals surface area contributed by atoms with Crippen LogP contribution in [0.2, 0.25) is 10.0 Å². The van der Waals surface area contributed by atoms with Crippen molar-refractivity contribution >= 4 is 46.6 Å². The number of hydrogen-bond donors (Lipinski definition) is 1. The predicted molar refractivity (Wildman–Crippen MR) is 109 cm³/mol. The Labute approximate surface area is 175 Å². The monoisotopic (exact) mass is 425 g/mol. The molecule has 1 aromatic carbocycles. The molecule has 0 radical (unpaired) electrons. The van der Waals surface area contributed by atoms with Crippen LogP contribution in [0, 0.1) is 11.8 Å². The fourth-order valence-electron chi connectivity index (χ4n) is 3.51. The highest BCUT2D eigenvalue weighted by atomic mass is 35.5. The Morgan fingerprint density at radius 3 is 2.21 bits per heavy atom. The summed E-state index contributed by atoms with van der Waals surface area (Å²) in [7, 11) is 0. The van der Waals surface area contributed by atoms with Gasteiger partial charge in [0, 0.05) is 31.5 Å². The van der Waals surface area contributed by atoms with Crippen LogP contribution in [0.4, 0.5) is 5.69 Å².